The highest BCUT2D eigenvalue weighted by molar-refractivity contribution is 5.91. The first-order valence-electron chi connectivity index (χ1n) is 13.1. The number of unbranched alkanes of at least 4 members (excludes halogenated alkanes) is 1. The monoisotopic (exact) mass is 494 g/mol. The van der Waals surface area contributed by atoms with Crippen molar-refractivity contribution in [3.63, 3.8) is 0 Å². The molecule has 0 fully saturated rings. The largest absolute Gasteiger partial charge is 0.464 e. The maximum Gasteiger partial charge on any atom is 0.328 e. The molecule has 0 aliphatic heterocycles. The lowest BCUT2D eigenvalue weighted by Crippen LogP contribution is -2.53. The number of benzene rings is 2. The summed E-state index contributed by atoms with van der Waals surface area (Å²) in [4.78, 5) is 39.1. The third kappa shape index (κ3) is 10.6. The topological polar surface area (TPSA) is 84.5 Å². The van der Waals surface area contributed by atoms with Crippen LogP contribution in [0.4, 0.5) is 0 Å². The molecule has 3 atom stereocenters. The van der Waals surface area contributed by atoms with Gasteiger partial charge in [-0.15, -0.1) is 0 Å². The number of hydrogen-bond donors (Lipinski definition) is 2. The van der Waals surface area contributed by atoms with Gasteiger partial charge in [-0.3, -0.25) is 9.59 Å². The van der Waals surface area contributed by atoms with E-state index in [4.69, 9.17) is 4.74 Å². The van der Waals surface area contributed by atoms with Crippen molar-refractivity contribution in [3.8, 4) is 0 Å². The van der Waals surface area contributed by atoms with Crippen molar-refractivity contribution in [1.29, 1.82) is 0 Å². The Labute approximate surface area is 216 Å². The van der Waals surface area contributed by atoms with Gasteiger partial charge in [0.25, 0.3) is 0 Å². The van der Waals surface area contributed by atoms with Crippen LogP contribution >= 0.6 is 0 Å². The molecule has 0 unspecified atom stereocenters. The third-order valence-electron chi connectivity index (χ3n) is 6.12. The van der Waals surface area contributed by atoms with Crippen LogP contribution in [0.15, 0.2) is 60.7 Å². The van der Waals surface area contributed by atoms with Crippen molar-refractivity contribution in [2.45, 2.75) is 78.3 Å². The van der Waals surface area contributed by atoms with Gasteiger partial charge >= 0.3 is 5.97 Å². The fourth-order valence-corrected chi connectivity index (χ4v) is 3.91. The van der Waals surface area contributed by atoms with Gasteiger partial charge in [0.1, 0.15) is 12.1 Å². The molecule has 2 aromatic carbocycles. The van der Waals surface area contributed by atoms with Crippen molar-refractivity contribution in [2.24, 2.45) is 11.8 Å². The molecule has 0 aliphatic rings. The van der Waals surface area contributed by atoms with E-state index in [0.717, 1.165) is 24.8 Å². The number of carbonyl (C=O) groups excluding carboxylic acids is 3. The Morgan fingerprint density at radius 2 is 1.39 bits per heavy atom. The number of aryl methyl sites for hydroxylation is 1. The summed E-state index contributed by atoms with van der Waals surface area (Å²) in [6, 6.07) is 18.0. The van der Waals surface area contributed by atoms with E-state index in [1.54, 1.807) is 0 Å². The van der Waals surface area contributed by atoms with E-state index in [1.165, 1.54) is 5.56 Å². The molecule has 36 heavy (non-hydrogen) atoms. The van der Waals surface area contributed by atoms with Crippen LogP contribution in [0.2, 0.25) is 0 Å². The Hall–Kier alpha value is -3.15. The average molecular weight is 495 g/mol. The maximum absolute atomic E-state index is 13.3. The van der Waals surface area contributed by atoms with Crippen LogP contribution in [-0.4, -0.2) is 36.5 Å². The summed E-state index contributed by atoms with van der Waals surface area (Å²) in [5.74, 6) is -1.03. The molecule has 0 bridgehead atoms. The van der Waals surface area contributed by atoms with E-state index in [0.29, 0.717) is 25.9 Å². The highest BCUT2D eigenvalue weighted by Crippen LogP contribution is 2.13. The normalized spacial score (nSPS) is 13.5. The zero-order valence-corrected chi connectivity index (χ0v) is 22.2. The summed E-state index contributed by atoms with van der Waals surface area (Å²) in [5.41, 5.74) is 2.10. The van der Waals surface area contributed by atoms with Gasteiger partial charge in [-0.1, -0.05) is 94.8 Å². The van der Waals surface area contributed by atoms with Crippen molar-refractivity contribution >= 4 is 17.8 Å². The van der Waals surface area contributed by atoms with Crippen LogP contribution in [-0.2, 0) is 32.0 Å². The highest BCUT2D eigenvalue weighted by atomic mass is 16.5. The van der Waals surface area contributed by atoms with Gasteiger partial charge < -0.3 is 15.4 Å². The summed E-state index contributed by atoms with van der Waals surface area (Å²) < 4.78 is 5.43. The number of hydrogen-bond acceptors (Lipinski definition) is 4. The number of ether oxygens (including phenoxy) is 1. The fraction of sp³-hybridized carbons (Fsp3) is 0.500. The van der Waals surface area contributed by atoms with E-state index >= 15 is 0 Å². The molecular formula is C30H42N2O4. The Morgan fingerprint density at radius 3 is 1.97 bits per heavy atom. The van der Waals surface area contributed by atoms with Crippen LogP contribution in [0.3, 0.4) is 0 Å². The quantitative estimate of drug-likeness (QED) is 0.274. The van der Waals surface area contributed by atoms with Gasteiger partial charge in [-0.2, -0.15) is 0 Å². The van der Waals surface area contributed by atoms with Crippen LogP contribution in [0.1, 0.15) is 64.5 Å². The minimum atomic E-state index is -0.821. The molecule has 0 radical (unpaired) electrons. The molecule has 2 rings (SSSR count). The van der Waals surface area contributed by atoms with Gasteiger partial charge in [0, 0.05) is 12.3 Å². The van der Waals surface area contributed by atoms with Gasteiger partial charge in [0.05, 0.1) is 6.61 Å². The second-order valence-corrected chi connectivity index (χ2v) is 9.89. The predicted molar refractivity (Wildman–Crippen MR) is 143 cm³/mol. The van der Waals surface area contributed by atoms with Crippen molar-refractivity contribution < 1.29 is 19.1 Å². The van der Waals surface area contributed by atoms with Gasteiger partial charge in [-0.25, -0.2) is 4.79 Å². The molecule has 0 aromatic heterocycles. The standard InChI is InChI=1S/C30H42N2O4/c1-5-6-19-36-30(35)27(21-25-15-11-8-12-16-25)32-29(34)26(20-22(2)3)31-28(33)23(4)17-18-24-13-9-7-10-14-24/h7-16,22-23,26-27H,5-6,17-21H2,1-4H3,(H,31,33)(H,32,34)/t23-,26-,27-/m0/s1. The van der Waals surface area contributed by atoms with Crippen LogP contribution in [0.25, 0.3) is 0 Å². The Kier molecular flexibility index (Phi) is 12.7. The molecule has 196 valence electrons. The molecular weight excluding hydrogens is 452 g/mol. The zero-order valence-electron chi connectivity index (χ0n) is 22.2. The minimum absolute atomic E-state index is 0.156. The summed E-state index contributed by atoms with van der Waals surface area (Å²) in [6.07, 6.45) is 3.96. The fourth-order valence-electron chi connectivity index (χ4n) is 3.91. The molecule has 2 aromatic rings. The lowest BCUT2D eigenvalue weighted by atomic mass is 9.98. The molecule has 0 saturated carbocycles. The van der Waals surface area contributed by atoms with E-state index < -0.39 is 18.1 Å². The summed E-state index contributed by atoms with van der Waals surface area (Å²) in [6.45, 7) is 8.24. The van der Waals surface area contributed by atoms with Crippen molar-refractivity contribution in [2.75, 3.05) is 6.61 Å². The summed E-state index contributed by atoms with van der Waals surface area (Å²) >= 11 is 0. The number of nitrogens with one attached hydrogen (secondary N) is 2. The molecule has 0 aliphatic carbocycles. The molecule has 0 heterocycles. The molecule has 0 saturated heterocycles. The molecule has 2 amide bonds. The van der Waals surface area contributed by atoms with Crippen LogP contribution in [0.5, 0.6) is 0 Å². The number of rotatable bonds is 15. The smallest absolute Gasteiger partial charge is 0.328 e. The lowest BCUT2D eigenvalue weighted by molar-refractivity contribution is -0.148. The zero-order chi connectivity index (χ0) is 26.3. The van der Waals surface area contributed by atoms with Crippen molar-refractivity contribution in [1.82, 2.24) is 10.6 Å². The second-order valence-electron chi connectivity index (χ2n) is 9.89. The second kappa shape index (κ2) is 15.8. The predicted octanol–water partition coefficient (Wildman–Crippen LogP) is 4.86. The molecule has 0 spiro atoms. The van der Waals surface area contributed by atoms with Gasteiger partial charge in [-0.05, 0) is 42.7 Å². The maximum atomic E-state index is 13.3. The number of carbonyl (C=O) groups is 3. The van der Waals surface area contributed by atoms with Gasteiger partial charge in [0.2, 0.25) is 11.8 Å². The molecule has 6 heteroatoms. The van der Waals surface area contributed by atoms with Crippen LogP contribution in [0, 0.1) is 11.8 Å². The minimum Gasteiger partial charge on any atom is -0.464 e. The first kappa shape index (κ1) is 29.1. The van der Waals surface area contributed by atoms with E-state index in [9.17, 15) is 14.4 Å². The Bertz CT molecular complexity index is 930. The third-order valence-corrected chi connectivity index (χ3v) is 6.12. The van der Waals surface area contributed by atoms with Crippen molar-refractivity contribution in [3.05, 3.63) is 71.8 Å². The van der Waals surface area contributed by atoms with E-state index in [2.05, 4.69) is 10.6 Å². The molecule has 6 nitrogen and oxygen atoms in total. The lowest BCUT2D eigenvalue weighted by Gasteiger charge is -2.25. The van der Waals surface area contributed by atoms with Crippen LogP contribution < -0.4 is 10.6 Å². The molecule has 2 N–H and O–H groups in total. The van der Waals surface area contributed by atoms with Gasteiger partial charge in [0.15, 0.2) is 0 Å². The first-order valence-corrected chi connectivity index (χ1v) is 13.1. The Balaban J connectivity index is 2.05. The summed E-state index contributed by atoms with van der Waals surface area (Å²) in [7, 11) is 0. The highest BCUT2D eigenvalue weighted by Gasteiger charge is 2.29. The van der Waals surface area contributed by atoms with E-state index in [-0.39, 0.29) is 23.7 Å². The average Bonchev–Trinajstić information content (AvgIpc) is 2.87. The number of esters is 1. The first-order chi connectivity index (χ1) is 17.3. The summed E-state index contributed by atoms with van der Waals surface area (Å²) in [5, 5.41) is 5.81. The van der Waals surface area contributed by atoms with E-state index in [1.807, 2.05) is 88.4 Å². The Morgan fingerprint density at radius 1 is 0.806 bits per heavy atom. The SMILES string of the molecule is CCCCOC(=O)[C@H](Cc1ccccc1)NC(=O)[C@H](CC(C)C)NC(=O)[C@@H](C)CCc1ccccc1. The number of amides is 2.